The van der Waals surface area contributed by atoms with E-state index in [1.54, 1.807) is 5.57 Å². The monoisotopic (exact) mass is 258 g/mol. The van der Waals surface area contributed by atoms with Gasteiger partial charge in [0.2, 0.25) is 0 Å². The van der Waals surface area contributed by atoms with Crippen molar-refractivity contribution in [3.05, 3.63) is 23.8 Å². The molecule has 0 nitrogen and oxygen atoms in total. The van der Waals surface area contributed by atoms with Crippen molar-refractivity contribution < 1.29 is 0 Å². The van der Waals surface area contributed by atoms with Gasteiger partial charge in [-0.05, 0) is 38.0 Å². The van der Waals surface area contributed by atoms with Crippen LogP contribution in [0.2, 0.25) is 0 Å². The summed E-state index contributed by atoms with van der Waals surface area (Å²) in [7, 11) is 0. The predicted octanol–water partition coefficient (Wildman–Crippen LogP) is 6.18. The van der Waals surface area contributed by atoms with Gasteiger partial charge in [0, 0.05) is 5.41 Å². The minimum Gasteiger partial charge on any atom is -0.0870 e. The van der Waals surface area contributed by atoms with Gasteiger partial charge >= 0.3 is 0 Å². The first-order valence-electron chi connectivity index (χ1n) is 8.63. The molecule has 0 heteroatoms. The van der Waals surface area contributed by atoms with E-state index in [-0.39, 0.29) is 0 Å². The summed E-state index contributed by atoms with van der Waals surface area (Å²) in [6.45, 7) is 2.37. The number of hydrogen-bond donors (Lipinski definition) is 0. The van der Waals surface area contributed by atoms with Crippen molar-refractivity contribution in [3.8, 4) is 0 Å². The molecular formula is C19H30. The van der Waals surface area contributed by atoms with E-state index in [1.165, 1.54) is 77.0 Å². The van der Waals surface area contributed by atoms with E-state index in [2.05, 4.69) is 25.2 Å². The molecule has 0 aromatic heterocycles. The minimum absolute atomic E-state index is 0.455. The van der Waals surface area contributed by atoms with Crippen LogP contribution in [0.3, 0.4) is 0 Å². The number of allylic oxidation sites excluding steroid dienone is 4. The molecule has 1 fully saturated rings. The average Bonchev–Trinajstić information content (AvgIpc) is 2.80. The van der Waals surface area contributed by atoms with Crippen LogP contribution in [0.25, 0.3) is 0 Å². The molecule has 0 bridgehead atoms. The fraction of sp³-hybridized carbons (Fsp3) is 0.789. The lowest BCUT2D eigenvalue weighted by atomic mass is 9.62. The Morgan fingerprint density at radius 1 is 0.842 bits per heavy atom. The Labute approximate surface area is 119 Å². The smallest absolute Gasteiger partial charge is 0.0126 e. The predicted molar refractivity (Wildman–Crippen MR) is 83.2 cm³/mol. The van der Waals surface area contributed by atoms with Gasteiger partial charge in [-0.25, -0.2) is 0 Å². The van der Waals surface area contributed by atoms with Crippen LogP contribution >= 0.6 is 0 Å². The Morgan fingerprint density at radius 3 is 2.21 bits per heavy atom. The van der Waals surface area contributed by atoms with Gasteiger partial charge in [-0.1, -0.05) is 75.2 Å². The van der Waals surface area contributed by atoms with Gasteiger partial charge in [-0.3, -0.25) is 0 Å². The molecule has 0 saturated heterocycles. The van der Waals surface area contributed by atoms with Crippen molar-refractivity contribution in [2.24, 2.45) is 10.8 Å². The lowest BCUT2D eigenvalue weighted by Crippen LogP contribution is -2.33. The van der Waals surface area contributed by atoms with Crippen molar-refractivity contribution in [1.29, 1.82) is 0 Å². The van der Waals surface area contributed by atoms with Crippen LogP contribution in [0.5, 0.6) is 0 Å². The van der Waals surface area contributed by atoms with Crippen LogP contribution in [0.1, 0.15) is 84.0 Å². The van der Waals surface area contributed by atoms with Crippen molar-refractivity contribution in [2.45, 2.75) is 84.0 Å². The topological polar surface area (TPSA) is 0 Å². The molecule has 0 amide bonds. The fourth-order valence-electron chi connectivity index (χ4n) is 5.11. The largest absolute Gasteiger partial charge is 0.0870 e. The molecule has 3 aliphatic carbocycles. The summed E-state index contributed by atoms with van der Waals surface area (Å²) >= 11 is 0. The molecule has 3 aliphatic rings. The van der Waals surface area contributed by atoms with Crippen molar-refractivity contribution in [3.63, 3.8) is 0 Å². The molecule has 0 aromatic rings. The van der Waals surface area contributed by atoms with Gasteiger partial charge in [0.25, 0.3) is 0 Å². The van der Waals surface area contributed by atoms with Crippen LogP contribution in [0.15, 0.2) is 23.8 Å². The van der Waals surface area contributed by atoms with Crippen LogP contribution in [-0.4, -0.2) is 0 Å². The highest BCUT2D eigenvalue weighted by Crippen LogP contribution is 2.63. The highest BCUT2D eigenvalue weighted by molar-refractivity contribution is 5.34. The Morgan fingerprint density at radius 2 is 1.47 bits per heavy atom. The summed E-state index contributed by atoms with van der Waals surface area (Å²) in [5.41, 5.74) is 2.71. The van der Waals surface area contributed by atoms with Gasteiger partial charge in [-0.2, -0.15) is 0 Å². The van der Waals surface area contributed by atoms with Gasteiger partial charge in [0.15, 0.2) is 0 Å². The quantitative estimate of drug-likeness (QED) is 0.455. The normalized spacial score (nSPS) is 39.9. The first-order valence-corrected chi connectivity index (χ1v) is 8.63. The zero-order valence-corrected chi connectivity index (χ0v) is 12.7. The van der Waals surface area contributed by atoms with Crippen molar-refractivity contribution in [1.82, 2.24) is 0 Å². The summed E-state index contributed by atoms with van der Waals surface area (Å²) in [6.07, 6.45) is 25.1. The summed E-state index contributed by atoms with van der Waals surface area (Å²) in [4.78, 5) is 0. The Bertz CT molecular complexity index is 375. The van der Waals surface area contributed by atoms with Gasteiger partial charge < -0.3 is 0 Å². The molecule has 19 heavy (non-hydrogen) atoms. The number of hydrogen-bond acceptors (Lipinski definition) is 0. The summed E-state index contributed by atoms with van der Waals surface area (Å²) < 4.78 is 0. The average molecular weight is 258 g/mol. The van der Waals surface area contributed by atoms with Gasteiger partial charge in [0.1, 0.15) is 0 Å². The molecule has 0 N–H and O–H groups in total. The van der Waals surface area contributed by atoms with Crippen molar-refractivity contribution >= 4 is 0 Å². The maximum absolute atomic E-state index is 2.66. The Kier molecular flexibility index (Phi) is 3.87. The molecule has 1 saturated carbocycles. The molecule has 0 aromatic carbocycles. The lowest BCUT2D eigenvalue weighted by molar-refractivity contribution is 0.133. The van der Waals surface area contributed by atoms with E-state index in [0.717, 1.165) is 0 Å². The van der Waals surface area contributed by atoms with Crippen LogP contribution in [0.4, 0.5) is 0 Å². The molecule has 2 atom stereocenters. The minimum atomic E-state index is 0.455. The molecule has 0 heterocycles. The van der Waals surface area contributed by atoms with Crippen LogP contribution in [0, 0.1) is 10.8 Å². The molecular weight excluding hydrogens is 228 g/mol. The maximum Gasteiger partial charge on any atom is 0.0126 e. The summed E-state index contributed by atoms with van der Waals surface area (Å²) in [5, 5.41) is 0. The van der Waals surface area contributed by atoms with E-state index in [1.807, 2.05) is 0 Å². The third-order valence-corrected chi connectivity index (χ3v) is 6.03. The Hall–Kier alpha value is -0.520. The van der Waals surface area contributed by atoms with Gasteiger partial charge in [0.05, 0.1) is 0 Å². The number of rotatable bonds is 0. The third-order valence-electron chi connectivity index (χ3n) is 6.03. The standard InChI is InChI=1S/C19H30/c1-17-15-18-11-8-6-4-2-3-5-7-9-12-19(18,16-17)14-10-13-18/h10,13,15H,2-9,11-12,14,16H2,1H3/t18-,19+/m0/s1. The molecule has 3 rings (SSSR count). The van der Waals surface area contributed by atoms with Crippen LogP contribution < -0.4 is 0 Å². The second-order valence-corrected chi connectivity index (χ2v) is 7.42. The van der Waals surface area contributed by atoms with E-state index in [0.29, 0.717) is 10.8 Å². The molecule has 0 radical (unpaired) electrons. The van der Waals surface area contributed by atoms with Gasteiger partial charge in [-0.15, -0.1) is 0 Å². The summed E-state index contributed by atoms with van der Waals surface area (Å²) in [6, 6.07) is 0. The van der Waals surface area contributed by atoms with Crippen LogP contribution in [-0.2, 0) is 0 Å². The molecule has 0 unspecified atom stereocenters. The van der Waals surface area contributed by atoms with E-state index < -0.39 is 0 Å². The highest BCUT2D eigenvalue weighted by atomic mass is 14.6. The zero-order chi connectivity index (χ0) is 13.2. The lowest BCUT2D eigenvalue weighted by Gasteiger charge is -2.41. The zero-order valence-electron chi connectivity index (χ0n) is 12.7. The molecule has 0 aliphatic heterocycles. The van der Waals surface area contributed by atoms with Crippen molar-refractivity contribution in [2.75, 3.05) is 0 Å². The summed E-state index contributed by atoms with van der Waals surface area (Å²) in [5.74, 6) is 0. The molecule has 106 valence electrons. The fourth-order valence-corrected chi connectivity index (χ4v) is 5.11. The van der Waals surface area contributed by atoms with E-state index in [4.69, 9.17) is 0 Å². The highest BCUT2D eigenvalue weighted by Gasteiger charge is 2.52. The van der Waals surface area contributed by atoms with E-state index in [9.17, 15) is 0 Å². The third kappa shape index (κ3) is 2.43. The first-order chi connectivity index (χ1) is 9.27. The maximum atomic E-state index is 2.66. The Balaban J connectivity index is 1.79. The SMILES string of the molecule is CC1=C[C@]23C=CC[C@]2(CCCCCCCCCC3)C1. The second-order valence-electron chi connectivity index (χ2n) is 7.42. The first kappa shape index (κ1) is 13.5. The second kappa shape index (κ2) is 5.46. The molecule has 0 spiro atoms. The van der Waals surface area contributed by atoms with E-state index >= 15 is 0 Å².